The summed E-state index contributed by atoms with van der Waals surface area (Å²) in [6, 6.07) is 8.05. The summed E-state index contributed by atoms with van der Waals surface area (Å²) < 4.78 is 0. The number of benzene rings is 1. The molecule has 0 radical (unpaired) electrons. The van der Waals surface area contributed by atoms with Gasteiger partial charge in [-0.2, -0.15) is 0 Å². The molecule has 2 saturated heterocycles. The van der Waals surface area contributed by atoms with E-state index in [1.165, 1.54) is 0 Å². The molecular weight excluding hydrogens is 352 g/mol. The smallest absolute Gasteiger partial charge is 0.227 e. The van der Waals surface area contributed by atoms with Crippen molar-refractivity contribution in [2.45, 2.75) is 38.7 Å². The van der Waals surface area contributed by atoms with E-state index in [0.29, 0.717) is 25.9 Å². The lowest BCUT2D eigenvalue weighted by Gasteiger charge is -2.51. The molecule has 6 nitrogen and oxygen atoms in total. The van der Waals surface area contributed by atoms with E-state index in [0.717, 1.165) is 42.9 Å². The van der Waals surface area contributed by atoms with Gasteiger partial charge in [-0.3, -0.25) is 9.78 Å². The third kappa shape index (κ3) is 3.74. The van der Waals surface area contributed by atoms with Gasteiger partial charge in [-0.25, -0.2) is 4.98 Å². The minimum atomic E-state index is -0.394. The van der Waals surface area contributed by atoms with Crippen LogP contribution in [0.3, 0.4) is 0 Å². The van der Waals surface area contributed by atoms with Crippen LogP contribution in [0, 0.1) is 12.3 Å². The van der Waals surface area contributed by atoms with Crippen molar-refractivity contribution < 1.29 is 9.90 Å². The van der Waals surface area contributed by atoms with Crippen molar-refractivity contribution in [3.63, 3.8) is 0 Å². The molecule has 0 unspecified atom stereocenters. The summed E-state index contributed by atoms with van der Waals surface area (Å²) in [5.41, 5.74) is 1.93. The Bertz CT molecular complexity index is 828. The van der Waals surface area contributed by atoms with Crippen molar-refractivity contribution in [2.75, 3.05) is 31.1 Å². The number of likely N-dealkylation sites (tertiary alicyclic amines) is 1. The molecule has 148 valence electrons. The quantitative estimate of drug-likeness (QED) is 0.884. The molecule has 0 bridgehead atoms. The van der Waals surface area contributed by atoms with Gasteiger partial charge in [0.1, 0.15) is 5.82 Å². The summed E-state index contributed by atoms with van der Waals surface area (Å²) in [6.07, 6.45) is 7.72. The van der Waals surface area contributed by atoms with Crippen LogP contribution in [0.25, 0.3) is 0 Å². The highest BCUT2D eigenvalue weighted by Crippen LogP contribution is 2.40. The van der Waals surface area contributed by atoms with Crippen LogP contribution in [0.1, 0.15) is 30.4 Å². The van der Waals surface area contributed by atoms with Crippen LogP contribution >= 0.6 is 0 Å². The summed E-state index contributed by atoms with van der Waals surface area (Å²) in [4.78, 5) is 25.8. The van der Waals surface area contributed by atoms with Crippen LogP contribution < -0.4 is 4.90 Å². The maximum Gasteiger partial charge on any atom is 0.227 e. The zero-order valence-electron chi connectivity index (χ0n) is 16.4. The van der Waals surface area contributed by atoms with Gasteiger partial charge in [0.15, 0.2) is 0 Å². The average molecular weight is 380 g/mol. The number of aromatic nitrogens is 2. The normalized spacial score (nSPS) is 25.1. The first-order valence-corrected chi connectivity index (χ1v) is 10.1. The first kappa shape index (κ1) is 18.9. The lowest BCUT2D eigenvalue weighted by atomic mass is 9.71. The number of aryl methyl sites for hydroxylation is 1. The van der Waals surface area contributed by atoms with Crippen molar-refractivity contribution in [3.05, 3.63) is 54.0 Å². The number of carbonyl (C=O) groups is 1. The highest BCUT2D eigenvalue weighted by molar-refractivity contribution is 5.79. The second-order valence-electron chi connectivity index (χ2n) is 8.17. The van der Waals surface area contributed by atoms with Gasteiger partial charge in [-0.1, -0.05) is 24.3 Å². The molecule has 28 heavy (non-hydrogen) atoms. The minimum Gasteiger partial charge on any atom is -0.392 e. The Balaban J connectivity index is 1.49. The summed E-state index contributed by atoms with van der Waals surface area (Å²) >= 11 is 0. The molecule has 2 aliphatic rings. The zero-order chi connectivity index (χ0) is 19.6. The van der Waals surface area contributed by atoms with E-state index in [1.54, 1.807) is 18.6 Å². The molecule has 1 aromatic carbocycles. The van der Waals surface area contributed by atoms with Crippen molar-refractivity contribution in [3.8, 4) is 0 Å². The van der Waals surface area contributed by atoms with Gasteiger partial charge >= 0.3 is 0 Å². The molecule has 2 fully saturated rings. The third-order valence-corrected chi connectivity index (χ3v) is 6.32. The summed E-state index contributed by atoms with van der Waals surface area (Å²) in [5.74, 6) is 0.995. The van der Waals surface area contributed by atoms with Crippen LogP contribution in [0.4, 0.5) is 5.82 Å². The number of aliphatic hydroxyl groups excluding tert-OH is 1. The first-order valence-electron chi connectivity index (χ1n) is 10.1. The molecule has 4 rings (SSSR count). The van der Waals surface area contributed by atoms with E-state index in [2.05, 4.69) is 14.9 Å². The number of carbonyl (C=O) groups excluding carboxylic acids is 1. The molecule has 0 aliphatic carbocycles. The third-order valence-electron chi connectivity index (χ3n) is 6.32. The number of rotatable bonds is 3. The maximum absolute atomic E-state index is 13.0. The van der Waals surface area contributed by atoms with Gasteiger partial charge in [-0.15, -0.1) is 0 Å². The van der Waals surface area contributed by atoms with Crippen LogP contribution in [0.15, 0.2) is 42.9 Å². The van der Waals surface area contributed by atoms with Gasteiger partial charge in [0.05, 0.1) is 18.7 Å². The van der Waals surface area contributed by atoms with Gasteiger partial charge in [0.25, 0.3) is 0 Å². The van der Waals surface area contributed by atoms with Crippen molar-refractivity contribution in [1.29, 1.82) is 0 Å². The number of amides is 1. The van der Waals surface area contributed by atoms with E-state index in [1.807, 2.05) is 36.1 Å². The number of anilines is 1. The Morgan fingerprint density at radius 2 is 2.11 bits per heavy atom. The summed E-state index contributed by atoms with van der Waals surface area (Å²) in [7, 11) is 0. The monoisotopic (exact) mass is 380 g/mol. The molecule has 1 aromatic heterocycles. The predicted molar refractivity (Wildman–Crippen MR) is 108 cm³/mol. The number of nitrogens with zero attached hydrogens (tertiary/aromatic N) is 4. The van der Waals surface area contributed by atoms with E-state index in [9.17, 15) is 9.90 Å². The van der Waals surface area contributed by atoms with E-state index in [4.69, 9.17) is 0 Å². The molecule has 1 N–H and O–H groups in total. The summed E-state index contributed by atoms with van der Waals surface area (Å²) in [5, 5.41) is 10.9. The minimum absolute atomic E-state index is 0.150. The Hall–Kier alpha value is -2.47. The van der Waals surface area contributed by atoms with Crippen LogP contribution in [0.5, 0.6) is 0 Å². The largest absolute Gasteiger partial charge is 0.392 e. The van der Waals surface area contributed by atoms with Crippen LogP contribution in [0.2, 0.25) is 0 Å². The topological polar surface area (TPSA) is 69.6 Å². The molecule has 0 saturated carbocycles. The zero-order valence-corrected chi connectivity index (χ0v) is 16.4. The fourth-order valence-corrected chi connectivity index (χ4v) is 4.66. The second-order valence-corrected chi connectivity index (χ2v) is 8.17. The molecule has 1 spiro atoms. The Morgan fingerprint density at radius 1 is 1.25 bits per heavy atom. The molecule has 1 amide bonds. The molecule has 2 atom stereocenters. The van der Waals surface area contributed by atoms with Gasteiger partial charge in [0, 0.05) is 44.0 Å². The Morgan fingerprint density at radius 3 is 2.89 bits per heavy atom. The fraction of sp³-hybridized carbons (Fsp3) is 0.500. The maximum atomic E-state index is 13.0. The van der Waals surface area contributed by atoms with E-state index >= 15 is 0 Å². The first-order chi connectivity index (χ1) is 13.6. The molecule has 3 heterocycles. The SMILES string of the molecule is Cc1ccccc1CC(=O)N1CCC[C@]2(C1)CN(c1cnccn1)CC[C@H]2O. The molecule has 6 heteroatoms. The number of aliphatic hydroxyl groups is 1. The standard InChI is InChI=1S/C22H28N4O2/c1-17-5-2-3-6-18(17)13-21(28)26-11-4-8-22(16-26)15-25(12-7-19(22)27)20-14-23-9-10-24-20/h2-3,5-6,9-10,14,19,27H,4,7-8,11-13,15-16H2,1H3/t19-,22-/m1/s1. The van der Waals surface area contributed by atoms with E-state index < -0.39 is 6.10 Å². The van der Waals surface area contributed by atoms with Crippen molar-refractivity contribution >= 4 is 11.7 Å². The van der Waals surface area contributed by atoms with Gasteiger partial charge < -0.3 is 14.9 Å². The van der Waals surface area contributed by atoms with E-state index in [-0.39, 0.29) is 11.3 Å². The molecule has 2 aliphatic heterocycles. The second kappa shape index (κ2) is 7.87. The number of hydrogen-bond donors (Lipinski definition) is 1. The predicted octanol–water partition coefficient (Wildman–Crippen LogP) is 2.21. The Kier molecular flexibility index (Phi) is 5.31. The van der Waals surface area contributed by atoms with Gasteiger partial charge in [-0.05, 0) is 37.3 Å². The number of piperidine rings is 2. The Labute approximate surface area is 166 Å². The average Bonchev–Trinajstić information content (AvgIpc) is 2.73. The van der Waals surface area contributed by atoms with Crippen molar-refractivity contribution in [1.82, 2.24) is 14.9 Å². The fourth-order valence-electron chi connectivity index (χ4n) is 4.66. The van der Waals surface area contributed by atoms with Crippen LogP contribution in [-0.2, 0) is 11.2 Å². The highest BCUT2D eigenvalue weighted by Gasteiger charge is 2.46. The lowest BCUT2D eigenvalue weighted by molar-refractivity contribution is -0.137. The van der Waals surface area contributed by atoms with Crippen LogP contribution in [-0.4, -0.2) is 58.2 Å². The lowest BCUT2D eigenvalue weighted by Crippen LogP contribution is -2.60. The summed E-state index contributed by atoms with van der Waals surface area (Å²) in [6.45, 7) is 4.89. The highest BCUT2D eigenvalue weighted by atomic mass is 16.3. The molecule has 2 aromatic rings. The molecular formula is C22H28N4O2. The van der Waals surface area contributed by atoms with Gasteiger partial charge in [0.2, 0.25) is 5.91 Å². The van der Waals surface area contributed by atoms with Crippen molar-refractivity contribution in [2.24, 2.45) is 5.41 Å². The number of hydrogen-bond acceptors (Lipinski definition) is 5.